The fourth-order valence-corrected chi connectivity index (χ4v) is 3.46. The highest BCUT2D eigenvalue weighted by atomic mass is 19.1. The van der Waals surface area contributed by atoms with E-state index in [4.69, 9.17) is 0 Å². The molecule has 7 nitrogen and oxygen atoms in total. The van der Waals surface area contributed by atoms with E-state index in [0.29, 0.717) is 18.9 Å². The van der Waals surface area contributed by atoms with Gasteiger partial charge in [0.25, 0.3) is 12.5 Å². The van der Waals surface area contributed by atoms with E-state index in [9.17, 15) is 14.3 Å². The van der Waals surface area contributed by atoms with Gasteiger partial charge in [-0.2, -0.15) is 0 Å². The molecule has 146 valence electrons. The van der Waals surface area contributed by atoms with Gasteiger partial charge in [0.2, 0.25) is 6.20 Å². The molecule has 0 N–H and O–H groups in total. The lowest BCUT2D eigenvalue weighted by molar-refractivity contribution is -0.751. The van der Waals surface area contributed by atoms with Crippen LogP contribution >= 0.6 is 0 Å². The van der Waals surface area contributed by atoms with Crippen molar-refractivity contribution in [1.29, 1.82) is 0 Å². The topological polar surface area (TPSA) is 76.5 Å². The summed E-state index contributed by atoms with van der Waals surface area (Å²) >= 11 is 0. The second kappa shape index (κ2) is 8.94. The van der Waals surface area contributed by atoms with Crippen LogP contribution in [0.5, 0.6) is 5.95 Å². The highest BCUT2D eigenvalue weighted by Gasteiger charge is 2.24. The minimum absolute atomic E-state index is 0.00370. The van der Waals surface area contributed by atoms with Crippen molar-refractivity contribution < 1.29 is 23.5 Å². The molecule has 0 radical (unpaired) electrons. The lowest BCUT2D eigenvalue weighted by atomic mass is 9.96. The first-order valence-electron chi connectivity index (χ1n) is 9.24. The maximum absolute atomic E-state index is 13.7. The van der Waals surface area contributed by atoms with E-state index in [0.717, 1.165) is 38.0 Å². The number of amides is 1. The Labute approximate surface area is 158 Å². The molecule has 8 heteroatoms. The third-order valence-corrected chi connectivity index (χ3v) is 5.11. The molecule has 0 aliphatic carbocycles. The zero-order valence-electron chi connectivity index (χ0n) is 15.5. The van der Waals surface area contributed by atoms with Crippen LogP contribution in [0, 0.1) is 11.7 Å². The number of nitrogens with zero attached hydrogens (tertiary/aromatic N) is 4. The normalized spacial score (nSPS) is 15.8. The number of hydrogen-bond acceptors (Lipinski definition) is 5. The summed E-state index contributed by atoms with van der Waals surface area (Å²) in [5.74, 6) is -0.355. The van der Waals surface area contributed by atoms with Crippen LogP contribution in [0.3, 0.4) is 0 Å². The fourth-order valence-electron chi connectivity index (χ4n) is 3.46. The zero-order chi connectivity index (χ0) is 19.2. The van der Waals surface area contributed by atoms with Crippen molar-refractivity contribution in [3.8, 4) is 5.95 Å². The molecule has 27 heavy (non-hydrogen) atoms. The van der Waals surface area contributed by atoms with Gasteiger partial charge >= 0.3 is 0 Å². The summed E-state index contributed by atoms with van der Waals surface area (Å²) in [6, 6.07) is 6.92. The summed E-state index contributed by atoms with van der Waals surface area (Å²) in [7, 11) is 1.77. The summed E-state index contributed by atoms with van der Waals surface area (Å²) < 4.78 is 19.3. The Morgan fingerprint density at radius 2 is 2.15 bits per heavy atom. The molecule has 1 fully saturated rings. The van der Waals surface area contributed by atoms with Crippen molar-refractivity contribution in [3.05, 3.63) is 41.8 Å². The summed E-state index contributed by atoms with van der Waals surface area (Å²) in [5.41, 5.74) is 0.761. The van der Waals surface area contributed by atoms with Gasteiger partial charge in [-0.25, -0.2) is 4.39 Å². The number of hydrogen-bond donors (Lipinski definition) is 0. The maximum Gasteiger partial charge on any atom is 0.290 e. The number of benzene rings is 1. The van der Waals surface area contributed by atoms with Crippen LogP contribution in [0.15, 0.2) is 35.0 Å². The van der Waals surface area contributed by atoms with Crippen molar-refractivity contribution in [2.24, 2.45) is 5.92 Å². The second-order valence-electron chi connectivity index (χ2n) is 7.12. The van der Waals surface area contributed by atoms with Crippen LogP contribution in [-0.2, 0) is 17.8 Å². The number of rotatable bonds is 7. The van der Waals surface area contributed by atoms with Gasteiger partial charge in [0.15, 0.2) is 0 Å². The molecule has 1 amide bonds. The van der Waals surface area contributed by atoms with Crippen LogP contribution < -0.4 is 9.79 Å². The van der Waals surface area contributed by atoms with E-state index in [1.54, 1.807) is 18.0 Å². The molecule has 0 saturated carbocycles. The molecule has 3 rings (SSSR count). The van der Waals surface area contributed by atoms with Crippen molar-refractivity contribution in [2.75, 3.05) is 33.2 Å². The molecule has 1 aromatic carbocycles. The van der Waals surface area contributed by atoms with Gasteiger partial charge in [-0.1, -0.05) is 22.9 Å². The van der Waals surface area contributed by atoms with Gasteiger partial charge in [-0.05, 0) is 49.9 Å². The molecule has 1 aromatic heterocycles. The molecule has 1 aliphatic heterocycles. The van der Waals surface area contributed by atoms with Gasteiger partial charge in [0.1, 0.15) is 11.8 Å². The summed E-state index contributed by atoms with van der Waals surface area (Å²) in [4.78, 5) is 16.3. The van der Waals surface area contributed by atoms with Crippen molar-refractivity contribution in [3.63, 3.8) is 0 Å². The molecule has 2 heterocycles. The fraction of sp³-hybridized carbons (Fsp3) is 0.526. The van der Waals surface area contributed by atoms with Crippen LogP contribution in [0.25, 0.3) is 0 Å². The third kappa shape index (κ3) is 5.50. The molecule has 1 saturated heterocycles. The van der Waals surface area contributed by atoms with Gasteiger partial charge in [0.05, 0.1) is 5.27 Å². The van der Waals surface area contributed by atoms with E-state index in [1.807, 2.05) is 12.1 Å². The van der Waals surface area contributed by atoms with E-state index in [1.165, 1.54) is 16.9 Å². The highest BCUT2D eigenvalue weighted by molar-refractivity contribution is 5.74. The van der Waals surface area contributed by atoms with Gasteiger partial charge in [-0.15, -0.1) is 0 Å². The third-order valence-electron chi connectivity index (χ3n) is 5.11. The number of likely N-dealkylation sites (tertiary alicyclic amines) is 1. The Morgan fingerprint density at radius 1 is 1.41 bits per heavy atom. The predicted octanol–water partition coefficient (Wildman–Crippen LogP) is 0.588. The average Bonchev–Trinajstić information content (AvgIpc) is 3.07. The molecule has 1 aliphatic rings. The Bertz CT molecular complexity index is 759. The largest absolute Gasteiger partial charge is 0.539 e. The molecule has 0 atom stereocenters. The van der Waals surface area contributed by atoms with Gasteiger partial charge in [-0.3, -0.25) is 4.79 Å². The van der Waals surface area contributed by atoms with Gasteiger partial charge in [0, 0.05) is 20.1 Å². The quantitative estimate of drug-likeness (QED) is 0.661. The summed E-state index contributed by atoms with van der Waals surface area (Å²) in [5, 5.41) is 14.4. The number of carbonyl (C=O) groups is 1. The minimum atomic E-state index is -0.562. The number of piperidine rings is 1. The smallest absolute Gasteiger partial charge is 0.290 e. The van der Waals surface area contributed by atoms with Crippen LogP contribution in [0.4, 0.5) is 4.39 Å². The standard InChI is InChI=1S/C19H25FN4O3/c1-22(18(25)13-24-14-19(26)27-21-24)12-15-6-9-23(10-7-15)11-8-16-4-2-3-5-17(16)20/h2-5,14-15H,6-13H2,1H3. The van der Waals surface area contributed by atoms with Crippen LogP contribution in [0.2, 0.25) is 0 Å². The summed E-state index contributed by atoms with van der Waals surface area (Å²) in [6.45, 7) is 3.45. The van der Waals surface area contributed by atoms with Crippen LogP contribution in [-0.4, -0.2) is 54.2 Å². The van der Waals surface area contributed by atoms with Crippen LogP contribution in [0.1, 0.15) is 18.4 Å². The number of carbonyl (C=O) groups excluding carboxylic acids is 1. The van der Waals surface area contributed by atoms with E-state index in [-0.39, 0.29) is 18.3 Å². The Balaban J connectivity index is 1.38. The monoisotopic (exact) mass is 376 g/mol. The Hall–Kier alpha value is -2.48. The maximum atomic E-state index is 13.7. The molecular weight excluding hydrogens is 351 g/mol. The lowest BCUT2D eigenvalue weighted by Gasteiger charge is -2.33. The average molecular weight is 376 g/mol. The number of halogens is 1. The van der Waals surface area contributed by atoms with Crippen molar-refractivity contribution in [2.45, 2.75) is 25.8 Å². The first-order chi connectivity index (χ1) is 13.0. The van der Waals surface area contributed by atoms with E-state index < -0.39 is 5.95 Å². The molecule has 0 spiro atoms. The zero-order valence-corrected chi connectivity index (χ0v) is 15.5. The molecule has 0 unspecified atom stereocenters. The van der Waals surface area contributed by atoms with Gasteiger partial charge < -0.3 is 19.4 Å². The van der Waals surface area contributed by atoms with Crippen molar-refractivity contribution >= 4 is 5.91 Å². The number of aromatic nitrogens is 2. The molecule has 0 bridgehead atoms. The first kappa shape index (κ1) is 19.3. The Morgan fingerprint density at radius 3 is 2.81 bits per heavy atom. The highest BCUT2D eigenvalue weighted by Crippen LogP contribution is 2.19. The first-order valence-corrected chi connectivity index (χ1v) is 9.24. The number of likely N-dealkylation sites (N-methyl/N-ethyl adjacent to an activating group) is 1. The van der Waals surface area contributed by atoms with Crippen molar-refractivity contribution in [1.82, 2.24) is 15.1 Å². The SMILES string of the molecule is CN(CC1CCN(CCc2ccccc2F)CC1)C(=O)C[n+]1cc([O-])on1. The molecule has 2 aromatic rings. The van der Waals surface area contributed by atoms with E-state index >= 15 is 0 Å². The lowest BCUT2D eigenvalue weighted by Crippen LogP contribution is -2.46. The minimum Gasteiger partial charge on any atom is -0.539 e. The van der Waals surface area contributed by atoms with E-state index in [2.05, 4.69) is 14.7 Å². The summed E-state index contributed by atoms with van der Waals surface area (Å²) in [6.07, 6.45) is 3.90. The Kier molecular flexibility index (Phi) is 6.39. The predicted molar refractivity (Wildman–Crippen MR) is 93.0 cm³/mol. The second-order valence-corrected chi connectivity index (χ2v) is 7.12. The molecular formula is C19H25FN4O3.